The van der Waals surface area contributed by atoms with Crippen LogP contribution in [0.3, 0.4) is 0 Å². The molecule has 1 aliphatic heterocycles. The molecule has 1 saturated heterocycles. The highest BCUT2D eigenvalue weighted by atomic mass is 19.1. The lowest BCUT2D eigenvalue weighted by Gasteiger charge is -2.25. The highest BCUT2D eigenvalue weighted by Crippen LogP contribution is 2.31. The molecule has 2 aromatic carbocycles. The molecule has 0 bridgehead atoms. The van der Waals surface area contributed by atoms with E-state index in [-0.39, 0.29) is 30.5 Å². The van der Waals surface area contributed by atoms with Crippen molar-refractivity contribution in [3.05, 3.63) is 63.5 Å². The van der Waals surface area contributed by atoms with E-state index in [1.54, 1.807) is 4.90 Å². The third kappa shape index (κ3) is 4.11. The van der Waals surface area contributed by atoms with Gasteiger partial charge in [0.05, 0.1) is 16.5 Å². The van der Waals surface area contributed by atoms with Crippen molar-refractivity contribution in [3.8, 4) is 0 Å². The van der Waals surface area contributed by atoms with Crippen LogP contribution in [0.15, 0.2) is 36.4 Å². The van der Waals surface area contributed by atoms with Crippen LogP contribution in [0.4, 0.5) is 21.5 Å². The van der Waals surface area contributed by atoms with Gasteiger partial charge in [0.25, 0.3) is 0 Å². The number of benzene rings is 2. The molecule has 1 atom stereocenters. The number of amides is 2. The first-order valence-electron chi connectivity index (χ1n) is 9.35. The molecule has 0 saturated carbocycles. The van der Waals surface area contributed by atoms with Gasteiger partial charge in [0.15, 0.2) is 0 Å². The Morgan fingerprint density at radius 1 is 1.24 bits per heavy atom. The fraction of sp³-hybridized carbons (Fsp3) is 0.333. The topological polar surface area (TPSA) is 83.8 Å². The summed E-state index contributed by atoms with van der Waals surface area (Å²) in [6.07, 6.45) is 0.00526. The van der Waals surface area contributed by atoms with Gasteiger partial charge >= 0.3 is 5.69 Å². The second-order valence-corrected chi connectivity index (χ2v) is 7.23. The zero-order valence-electron chi connectivity index (χ0n) is 16.5. The minimum Gasteiger partial charge on any atom is -0.312 e. The van der Waals surface area contributed by atoms with Crippen LogP contribution in [-0.4, -0.2) is 29.8 Å². The molecule has 0 N–H and O–H groups in total. The maximum atomic E-state index is 13.6. The number of nitro benzene ring substituents is 1. The molecule has 1 fully saturated rings. The van der Waals surface area contributed by atoms with Gasteiger partial charge in [-0.2, -0.15) is 4.39 Å². The van der Waals surface area contributed by atoms with Crippen LogP contribution in [0, 0.1) is 35.7 Å². The lowest BCUT2D eigenvalue weighted by molar-refractivity contribution is -0.387. The molecular formula is C21H22FN3O4. The zero-order valence-corrected chi connectivity index (χ0v) is 16.5. The van der Waals surface area contributed by atoms with Gasteiger partial charge in [0, 0.05) is 31.3 Å². The standard InChI is InChI=1S/C21H22FN3O4/c1-4-23(17-8-13(2)7-14(3)9-17)21(27)15-10-20(26)24(12-15)16-5-6-18(22)19(11-16)25(28)29/h5-9,11,15H,4,10,12H2,1-3H3. The quantitative estimate of drug-likeness (QED) is 0.566. The monoisotopic (exact) mass is 399 g/mol. The van der Waals surface area contributed by atoms with E-state index in [4.69, 9.17) is 0 Å². The molecule has 152 valence electrons. The van der Waals surface area contributed by atoms with Crippen LogP contribution in [0.2, 0.25) is 0 Å². The average molecular weight is 399 g/mol. The fourth-order valence-electron chi connectivity index (χ4n) is 3.72. The molecular weight excluding hydrogens is 377 g/mol. The van der Waals surface area contributed by atoms with Gasteiger partial charge in [-0.15, -0.1) is 0 Å². The summed E-state index contributed by atoms with van der Waals surface area (Å²) in [4.78, 5) is 38.7. The van der Waals surface area contributed by atoms with Crippen molar-refractivity contribution >= 4 is 28.9 Å². The van der Waals surface area contributed by atoms with Gasteiger partial charge in [-0.1, -0.05) is 6.07 Å². The first-order chi connectivity index (χ1) is 13.7. The van der Waals surface area contributed by atoms with E-state index in [2.05, 4.69) is 0 Å². The minimum atomic E-state index is -0.968. The number of nitrogens with zero attached hydrogens (tertiary/aromatic N) is 3. The first kappa shape index (κ1) is 20.4. The maximum Gasteiger partial charge on any atom is 0.306 e. The molecule has 0 aromatic heterocycles. The zero-order chi connectivity index (χ0) is 21.3. The number of anilines is 2. The molecule has 3 rings (SSSR count). The summed E-state index contributed by atoms with van der Waals surface area (Å²) in [6.45, 7) is 6.33. The predicted octanol–water partition coefficient (Wildman–Crippen LogP) is 3.76. The number of nitro groups is 1. The van der Waals surface area contributed by atoms with Gasteiger partial charge in [0.2, 0.25) is 17.6 Å². The van der Waals surface area contributed by atoms with Gasteiger partial charge in [-0.25, -0.2) is 0 Å². The molecule has 7 nitrogen and oxygen atoms in total. The number of carbonyl (C=O) groups is 2. The summed E-state index contributed by atoms with van der Waals surface area (Å²) in [5.41, 5.74) is 2.37. The highest BCUT2D eigenvalue weighted by Gasteiger charge is 2.38. The number of hydrogen-bond acceptors (Lipinski definition) is 4. The Bertz CT molecular complexity index is 972. The number of carbonyl (C=O) groups excluding carboxylic acids is 2. The molecule has 8 heteroatoms. The van der Waals surface area contributed by atoms with Crippen LogP contribution in [0.25, 0.3) is 0 Å². The van der Waals surface area contributed by atoms with E-state index in [1.165, 1.54) is 11.0 Å². The molecule has 29 heavy (non-hydrogen) atoms. The van der Waals surface area contributed by atoms with Crippen molar-refractivity contribution in [2.75, 3.05) is 22.9 Å². The largest absolute Gasteiger partial charge is 0.312 e. The maximum absolute atomic E-state index is 13.6. The molecule has 1 heterocycles. The van der Waals surface area contributed by atoms with Crippen molar-refractivity contribution < 1.29 is 18.9 Å². The van der Waals surface area contributed by atoms with Gasteiger partial charge in [-0.05, 0) is 56.2 Å². The summed E-state index contributed by atoms with van der Waals surface area (Å²) in [6, 6.07) is 9.17. The highest BCUT2D eigenvalue weighted by molar-refractivity contribution is 6.04. The van der Waals surface area contributed by atoms with Crippen LogP contribution < -0.4 is 9.80 Å². The van der Waals surface area contributed by atoms with Gasteiger partial charge in [-0.3, -0.25) is 19.7 Å². The minimum absolute atomic E-state index is 0.00526. The van der Waals surface area contributed by atoms with E-state index in [0.717, 1.165) is 28.9 Å². The summed E-state index contributed by atoms with van der Waals surface area (Å²) in [5, 5.41) is 11.0. The summed E-state index contributed by atoms with van der Waals surface area (Å²) in [5.74, 6) is -2.04. The molecule has 1 aliphatic rings. The predicted molar refractivity (Wildman–Crippen MR) is 107 cm³/mol. The Hall–Kier alpha value is -3.29. The molecule has 2 aromatic rings. The Kier molecular flexibility index (Phi) is 5.63. The van der Waals surface area contributed by atoms with Gasteiger partial charge in [0.1, 0.15) is 0 Å². The van der Waals surface area contributed by atoms with Crippen molar-refractivity contribution in [1.29, 1.82) is 0 Å². The Morgan fingerprint density at radius 3 is 2.48 bits per heavy atom. The Morgan fingerprint density at radius 2 is 1.90 bits per heavy atom. The van der Waals surface area contributed by atoms with Crippen molar-refractivity contribution in [2.24, 2.45) is 5.92 Å². The summed E-state index contributed by atoms with van der Waals surface area (Å²) < 4.78 is 13.6. The molecule has 0 spiro atoms. The lowest BCUT2D eigenvalue weighted by atomic mass is 10.1. The first-order valence-corrected chi connectivity index (χ1v) is 9.35. The number of aryl methyl sites for hydroxylation is 2. The van der Waals surface area contributed by atoms with Crippen LogP contribution in [0.1, 0.15) is 24.5 Å². The normalized spacial score (nSPS) is 16.2. The Balaban J connectivity index is 1.84. The SMILES string of the molecule is CCN(C(=O)C1CC(=O)N(c2ccc(F)c([N+](=O)[O-])c2)C1)c1cc(C)cc(C)c1. The molecule has 0 aliphatic carbocycles. The third-order valence-electron chi connectivity index (χ3n) is 5.01. The van der Waals surface area contributed by atoms with E-state index in [9.17, 15) is 24.1 Å². The molecule has 2 amide bonds. The number of halogens is 1. The molecule has 1 unspecified atom stereocenters. The van der Waals surface area contributed by atoms with Crippen LogP contribution >= 0.6 is 0 Å². The van der Waals surface area contributed by atoms with Crippen LogP contribution in [-0.2, 0) is 9.59 Å². The Labute approximate surface area is 167 Å². The van der Waals surface area contributed by atoms with E-state index in [0.29, 0.717) is 6.54 Å². The summed E-state index contributed by atoms with van der Waals surface area (Å²) in [7, 11) is 0. The van der Waals surface area contributed by atoms with E-state index >= 15 is 0 Å². The van der Waals surface area contributed by atoms with Crippen molar-refractivity contribution in [3.63, 3.8) is 0 Å². The third-order valence-corrected chi connectivity index (χ3v) is 5.01. The van der Waals surface area contributed by atoms with Crippen molar-refractivity contribution in [2.45, 2.75) is 27.2 Å². The van der Waals surface area contributed by atoms with Crippen LogP contribution in [0.5, 0.6) is 0 Å². The van der Waals surface area contributed by atoms with E-state index in [1.807, 2.05) is 39.0 Å². The average Bonchev–Trinajstić information content (AvgIpc) is 3.03. The second-order valence-electron chi connectivity index (χ2n) is 7.23. The number of rotatable bonds is 5. The van der Waals surface area contributed by atoms with E-state index < -0.39 is 22.3 Å². The lowest BCUT2D eigenvalue weighted by Crippen LogP contribution is -2.37. The smallest absolute Gasteiger partial charge is 0.306 e. The molecule has 0 radical (unpaired) electrons. The van der Waals surface area contributed by atoms with Crippen molar-refractivity contribution in [1.82, 2.24) is 0 Å². The van der Waals surface area contributed by atoms with Gasteiger partial charge < -0.3 is 9.80 Å². The number of hydrogen-bond donors (Lipinski definition) is 0. The second kappa shape index (κ2) is 7.98. The fourth-order valence-corrected chi connectivity index (χ4v) is 3.72. The summed E-state index contributed by atoms with van der Waals surface area (Å²) >= 11 is 0.